The number of amides is 1. The number of ether oxygens (including phenoxy) is 1. The maximum atomic E-state index is 12.4. The zero-order valence-corrected chi connectivity index (χ0v) is 17.4. The van der Waals surface area contributed by atoms with Gasteiger partial charge < -0.3 is 9.84 Å². The number of hydrogen-bond acceptors (Lipinski definition) is 5. The number of unbranched alkanes of at least 4 members (excludes halogenated alkanes) is 1. The minimum Gasteiger partial charge on any atom is -0.494 e. The molecule has 1 saturated heterocycles. The zero-order valence-electron chi connectivity index (χ0n) is 15.7. The fourth-order valence-electron chi connectivity index (χ4n) is 2.88. The third kappa shape index (κ3) is 6.17. The molecule has 5 nitrogen and oxygen atoms in total. The van der Waals surface area contributed by atoms with E-state index in [-0.39, 0.29) is 10.2 Å². The van der Waals surface area contributed by atoms with Crippen LogP contribution in [0.5, 0.6) is 5.75 Å². The maximum Gasteiger partial charge on any atom is 0.323 e. The average molecular weight is 428 g/mol. The van der Waals surface area contributed by atoms with E-state index in [0.29, 0.717) is 11.5 Å². The summed E-state index contributed by atoms with van der Waals surface area (Å²) in [6.45, 7) is 0.200. The molecule has 1 aliphatic heterocycles. The molecule has 1 heterocycles. The van der Waals surface area contributed by atoms with Gasteiger partial charge in [-0.1, -0.05) is 66.4 Å². The lowest BCUT2D eigenvalue weighted by molar-refractivity contribution is -0.140. The summed E-state index contributed by atoms with van der Waals surface area (Å²) in [5.74, 6) is -0.737. The van der Waals surface area contributed by atoms with Crippen molar-refractivity contribution in [1.82, 2.24) is 4.90 Å². The molecular formula is C22H21NO4S2. The van der Waals surface area contributed by atoms with E-state index in [4.69, 9.17) is 22.1 Å². The normalized spacial score (nSPS) is 15.2. The van der Waals surface area contributed by atoms with Crippen LogP contribution in [-0.4, -0.2) is 39.4 Å². The van der Waals surface area contributed by atoms with Crippen LogP contribution in [0.25, 0.3) is 6.08 Å². The second-order valence-corrected chi connectivity index (χ2v) is 8.20. The molecule has 0 radical (unpaired) electrons. The van der Waals surface area contributed by atoms with Crippen LogP contribution >= 0.6 is 24.0 Å². The SMILES string of the molecule is O=C(O)CN1C(=O)/C(=C/c2cccc(OCCCCc3ccccc3)c2)SC1=S. The maximum absolute atomic E-state index is 12.4. The first-order valence-electron chi connectivity index (χ1n) is 9.27. The molecule has 150 valence electrons. The summed E-state index contributed by atoms with van der Waals surface area (Å²) in [5, 5.41) is 8.91. The first-order valence-corrected chi connectivity index (χ1v) is 10.5. The standard InChI is InChI=1S/C22H21NO4S2/c24-20(25)15-23-21(26)19(29-22(23)28)14-17-10-6-11-18(13-17)27-12-5-4-9-16-7-2-1-3-8-16/h1-3,6-8,10-11,13-14H,4-5,9,12,15H2,(H,24,25)/b19-14-. The quantitative estimate of drug-likeness (QED) is 0.364. The van der Waals surface area contributed by atoms with Crippen molar-refractivity contribution in [2.75, 3.05) is 13.2 Å². The number of hydrogen-bond donors (Lipinski definition) is 1. The van der Waals surface area contributed by atoms with Gasteiger partial charge in [0.05, 0.1) is 11.5 Å². The molecule has 1 aliphatic rings. The highest BCUT2D eigenvalue weighted by Gasteiger charge is 2.33. The van der Waals surface area contributed by atoms with Crippen molar-refractivity contribution in [2.24, 2.45) is 0 Å². The summed E-state index contributed by atoms with van der Waals surface area (Å²) in [7, 11) is 0. The third-order valence-corrected chi connectivity index (χ3v) is 5.67. The highest BCUT2D eigenvalue weighted by molar-refractivity contribution is 8.26. The first-order chi connectivity index (χ1) is 14.0. The van der Waals surface area contributed by atoms with E-state index in [1.807, 2.05) is 42.5 Å². The Balaban J connectivity index is 1.53. The van der Waals surface area contributed by atoms with Gasteiger partial charge in [-0.05, 0) is 48.6 Å². The van der Waals surface area contributed by atoms with Crippen LogP contribution in [0.3, 0.4) is 0 Å². The molecule has 0 aliphatic carbocycles. The van der Waals surface area contributed by atoms with Crippen molar-refractivity contribution in [3.63, 3.8) is 0 Å². The van der Waals surface area contributed by atoms with Crippen molar-refractivity contribution in [3.8, 4) is 5.75 Å². The van der Waals surface area contributed by atoms with E-state index in [1.54, 1.807) is 6.08 Å². The molecule has 0 bridgehead atoms. The van der Waals surface area contributed by atoms with Crippen LogP contribution in [0.2, 0.25) is 0 Å². The van der Waals surface area contributed by atoms with E-state index in [1.165, 1.54) is 5.56 Å². The lowest BCUT2D eigenvalue weighted by Gasteiger charge is -2.10. The summed E-state index contributed by atoms with van der Waals surface area (Å²) >= 11 is 6.22. The van der Waals surface area contributed by atoms with Gasteiger partial charge in [0.15, 0.2) is 0 Å². The fourth-order valence-corrected chi connectivity index (χ4v) is 4.14. The molecule has 0 spiro atoms. The largest absolute Gasteiger partial charge is 0.494 e. The number of thiocarbonyl (C=S) groups is 1. The number of carbonyl (C=O) groups is 2. The summed E-state index contributed by atoms with van der Waals surface area (Å²) in [6, 6.07) is 17.8. The average Bonchev–Trinajstić information content (AvgIpc) is 2.96. The molecule has 0 saturated carbocycles. The number of aryl methyl sites for hydroxylation is 1. The molecule has 1 amide bonds. The van der Waals surface area contributed by atoms with E-state index in [9.17, 15) is 9.59 Å². The Labute approximate surface area is 179 Å². The number of benzene rings is 2. The Kier molecular flexibility index (Phi) is 7.43. The molecule has 0 aromatic heterocycles. The zero-order chi connectivity index (χ0) is 20.6. The lowest BCUT2D eigenvalue weighted by atomic mass is 10.1. The van der Waals surface area contributed by atoms with Gasteiger partial charge in [0.25, 0.3) is 5.91 Å². The van der Waals surface area contributed by atoms with Crippen molar-refractivity contribution in [3.05, 3.63) is 70.6 Å². The number of rotatable bonds is 9. The minimum atomic E-state index is -1.09. The summed E-state index contributed by atoms with van der Waals surface area (Å²) in [6.07, 6.45) is 4.74. The van der Waals surface area contributed by atoms with Gasteiger partial charge >= 0.3 is 5.97 Å². The summed E-state index contributed by atoms with van der Waals surface area (Å²) < 4.78 is 6.09. The molecule has 2 aromatic rings. The lowest BCUT2D eigenvalue weighted by Crippen LogP contribution is -2.33. The Morgan fingerprint density at radius 3 is 2.69 bits per heavy atom. The van der Waals surface area contributed by atoms with Crippen LogP contribution in [0.1, 0.15) is 24.0 Å². The molecule has 0 unspecified atom stereocenters. The first kappa shape index (κ1) is 21.1. The summed E-state index contributed by atoms with van der Waals surface area (Å²) in [4.78, 5) is 24.8. The van der Waals surface area contributed by atoms with E-state index < -0.39 is 12.5 Å². The van der Waals surface area contributed by atoms with Crippen LogP contribution in [-0.2, 0) is 16.0 Å². The molecule has 3 rings (SSSR count). The van der Waals surface area contributed by atoms with Gasteiger partial charge in [0.1, 0.15) is 16.6 Å². The fraction of sp³-hybridized carbons (Fsp3) is 0.227. The second kappa shape index (κ2) is 10.2. The Bertz CT molecular complexity index is 927. The molecule has 7 heteroatoms. The molecule has 1 N–H and O–H groups in total. The smallest absolute Gasteiger partial charge is 0.323 e. The van der Waals surface area contributed by atoms with Gasteiger partial charge in [0, 0.05) is 0 Å². The van der Waals surface area contributed by atoms with Crippen molar-refractivity contribution >= 4 is 46.3 Å². The highest BCUT2D eigenvalue weighted by atomic mass is 32.2. The number of carbonyl (C=O) groups excluding carboxylic acids is 1. The summed E-state index contributed by atoms with van der Waals surface area (Å²) in [5.41, 5.74) is 2.14. The van der Waals surface area contributed by atoms with E-state index >= 15 is 0 Å². The minimum absolute atomic E-state index is 0.259. The van der Waals surface area contributed by atoms with E-state index in [2.05, 4.69) is 12.1 Å². The van der Waals surface area contributed by atoms with Crippen LogP contribution in [0.4, 0.5) is 0 Å². The Morgan fingerprint density at radius 2 is 1.93 bits per heavy atom. The number of thioether (sulfide) groups is 1. The van der Waals surface area contributed by atoms with Crippen molar-refractivity contribution in [1.29, 1.82) is 0 Å². The van der Waals surface area contributed by atoms with Crippen molar-refractivity contribution in [2.45, 2.75) is 19.3 Å². The third-order valence-electron chi connectivity index (χ3n) is 4.29. The molecule has 29 heavy (non-hydrogen) atoms. The topological polar surface area (TPSA) is 66.8 Å². The second-order valence-electron chi connectivity index (χ2n) is 6.53. The number of carboxylic acid groups (broad SMARTS) is 1. The monoisotopic (exact) mass is 427 g/mol. The molecule has 2 aromatic carbocycles. The van der Waals surface area contributed by atoms with Crippen LogP contribution < -0.4 is 4.74 Å². The van der Waals surface area contributed by atoms with Gasteiger partial charge in [-0.2, -0.15) is 0 Å². The highest BCUT2D eigenvalue weighted by Crippen LogP contribution is 2.32. The predicted octanol–water partition coefficient (Wildman–Crippen LogP) is 4.37. The number of aliphatic carboxylic acids is 1. The Morgan fingerprint density at radius 1 is 1.14 bits per heavy atom. The van der Waals surface area contributed by atoms with Crippen molar-refractivity contribution < 1.29 is 19.4 Å². The molecule has 0 atom stereocenters. The molecular weight excluding hydrogens is 406 g/mol. The van der Waals surface area contributed by atoms with Gasteiger partial charge in [-0.15, -0.1) is 0 Å². The number of carboxylic acids is 1. The van der Waals surface area contributed by atoms with Gasteiger partial charge in [-0.25, -0.2) is 0 Å². The van der Waals surface area contributed by atoms with Gasteiger partial charge in [-0.3, -0.25) is 14.5 Å². The van der Waals surface area contributed by atoms with Crippen LogP contribution in [0, 0.1) is 0 Å². The molecule has 1 fully saturated rings. The predicted molar refractivity (Wildman–Crippen MR) is 119 cm³/mol. The van der Waals surface area contributed by atoms with Crippen LogP contribution in [0.15, 0.2) is 59.5 Å². The number of nitrogens with zero attached hydrogens (tertiary/aromatic N) is 1. The Hall–Kier alpha value is -2.64. The van der Waals surface area contributed by atoms with Gasteiger partial charge in [0.2, 0.25) is 0 Å². The van der Waals surface area contributed by atoms with E-state index in [0.717, 1.165) is 47.2 Å².